The van der Waals surface area contributed by atoms with Crippen LogP contribution in [0.3, 0.4) is 0 Å². The van der Waals surface area contributed by atoms with E-state index < -0.39 is 0 Å². The van der Waals surface area contributed by atoms with E-state index in [9.17, 15) is 4.79 Å². The molecule has 0 atom stereocenters. The van der Waals surface area contributed by atoms with Gasteiger partial charge in [-0.2, -0.15) is 10.2 Å². The highest BCUT2D eigenvalue weighted by molar-refractivity contribution is 5.75. The molecular formula is C16H18N6O. The van der Waals surface area contributed by atoms with E-state index in [1.165, 1.54) is 0 Å². The molecule has 4 heterocycles. The summed E-state index contributed by atoms with van der Waals surface area (Å²) < 4.78 is 3.70. The van der Waals surface area contributed by atoms with Crippen molar-refractivity contribution in [2.75, 3.05) is 31.1 Å². The largest absolute Gasteiger partial charge is 0.365 e. The number of amides is 1. The molecule has 0 N–H and O–H groups in total. The molecule has 7 nitrogen and oxygen atoms in total. The second kappa shape index (κ2) is 5.42. The Labute approximate surface area is 133 Å². The van der Waals surface area contributed by atoms with Gasteiger partial charge in [-0.15, -0.1) is 0 Å². The Morgan fingerprint density at radius 2 is 1.83 bits per heavy atom. The Balaban J connectivity index is 1.64. The van der Waals surface area contributed by atoms with E-state index in [0.29, 0.717) is 0 Å². The Bertz CT molecular complexity index is 843. The van der Waals surface area contributed by atoms with Gasteiger partial charge in [-0.3, -0.25) is 9.48 Å². The third kappa shape index (κ3) is 2.44. The summed E-state index contributed by atoms with van der Waals surface area (Å²) >= 11 is 0. The number of aromatic nitrogens is 4. The SMILES string of the molecule is Cn1cc(-c2ccc3c(N4CCN(C=O)CC4)cnn3c2)cn1. The van der Waals surface area contributed by atoms with Crippen molar-refractivity contribution in [1.29, 1.82) is 0 Å². The lowest BCUT2D eigenvalue weighted by atomic mass is 10.1. The second-order valence-electron chi connectivity index (χ2n) is 5.81. The van der Waals surface area contributed by atoms with E-state index in [1.807, 2.05) is 41.3 Å². The van der Waals surface area contributed by atoms with Crippen molar-refractivity contribution in [2.45, 2.75) is 0 Å². The smallest absolute Gasteiger partial charge is 0.209 e. The molecule has 3 aromatic rings. The maximum absolute atomic E-state index is 10.8. The Kier molecular flexibility index (Phi) is 3.25. The molecule has 3 aromatic heterocycles. The lowest BCUT2D eigenvalue weighted by Gasteiger charge is -2.33. The first-order valence-electron chi connectivity index (χ1n) is 7.65. The topological polar surface area (TPSA) is 58.7 Å². The van der Waals surface area contributed by atoms with Crippen LogP contribution in [0.4, 0.5) is 5.69 Å². The van der Waals surface area contributed by atoms with Gasteiger partial charge in [0.15, 0.2) is 0 Å². The summed E-state index contributed by atoms with van der Waals surface area (Å²) in [4.78, 5) is 14.9. The number of pyridine rings is 1. The molecule has 0 aliphatic carbocycles. The van der Waals surface area contributed by atoms with Gasteiger partial charge in [-0.05, 0) is 6.07 Å². The van der Waals surface area contributed by atoms with Gasteiger partial charge in [-0.1, -0.05) is 6.07 Å². The van der Waals surface area contributed by atoms with Crippen molar-refractivity contribution in [3.63, 3.8) is 0 Å². The second-order valence-corrected chi connectivity index (χ2v) is 5.81. The van der Waals surface area contributed by atoms with Crippen LogP contribution in [0.25, 0.3) is 16.6 Å². The third-order valence-electron chi connectivity index (χ3n) is 4.34. The minimum absolute atomic E-state index is 0.759. The molecule has 1 aliphatic heterocycles. The molecule has 23 heavy (non-hydrogen) atoms. The first-order chi connectivity index (χ1) is 11.2. The van der Waals surface area contributed by atoms with Gasteiger partial charge in [0.1, 0.15) is 0 Å². The van der Waals surface area contributed by atoms with Crippen LogP contribution in [0, 0.1) is 0 Å². The van der Waals surface area contributed by atoms with E-state index in [2.05, 4.69) is 27.2 Å². The molecule has 0 spiro atoms. The zero-order chi connectivity index (χ0) is 15.8. The van der Waals surface area contributed by atoms with Crippen LogP contribution in [0.15, 0.2) is 36.9 Å². The molecule has 0 bridgehead atoms. The van der Waals surface area contributed by atoms with E-state index in [-0.39, 0.29) is 0 Å². The zero-order valence-corrected chi connectivity index (χ0v) is 13.0. The number of hydrogen-bond donors (Lipinski definition) is 0. The third-order valence-corrected chi connectivity index (χ3v) is 4.34. The van der Waals surface area contributed by atoms with Crippen molar-refractivity contribution in [3.8, 4) is 11.1 Å². The molecule has 0 saturated carbocycles. The van der Waals surface area contributed by atoms with Crippen LogP contribution >= 0.6 is 0 Å². The minimum Gasteiger partial charge on any atom is -0.365 e. The highest BCUT2D eigenvalue weighted by atomic mass is 16.1. The lowest BCUT2D eigenvalue weighted by Crippen LogP contribution is -2.45. The van der Waals surface area contributed by atoms with Gasteiger partial charge < -0.3 is 9.80 Å². The summed E-state index contributed by atoms with van der Waals surface area (Å²) in [7, 11) is 1.91. The van der Waals surface area contributed by atoms with E-state index >= 15 is 0 Å². The summed E-state index contributed by atoms with van der Waals surface area (Å²) in [6.07, 6.45) is 8.69. The quantitative estimate of drug-likeness (QED) is 0.678. The molecular weight excluding hydrogens is 292 g/mol. The van der Waals surface area contributed by atoms with Crippen molar-refractivity contribution in [1.82, 2.24) is 24.3 Å². The molecule has 0 unspecified atom stereocenters. The number of carbonyl (C=O) groups is 1. The fraction of sp³-hybridized carbons (Fsp3) is 0.312. The highest BCUT2D eigenvalue weighted by Crippen LogP contribution is 2.26. The Morgan fingerprint density at radius 3 is 2.52 bits per heavy atom. The van der Waals surface area contributed by atoms with Gasteiger partial charge in [0, 0.05) is 56.7 Å². The number of rotatable bonds is 3. The molecule has 1 aliphatic rings. The lowest BCUT2D eigenvalue weighted by molar-refractivity contribution is -0.118. The molecule has 1 saturated heterocycles. The van der Waals surface area contributed by atoms with Crippen LogP contribution < -0.4 is 4.90 Å². The Morgan fingerprint density at radius 1 is 1.00 bits per heavy atom. The number of hydrogen-bond acceptors (Lipinski definition) is 4. The van der Waals surface area contributed by atoms with Crippen molar-refractivity contribution in [2.24, 2.45) is 7.05 Å². The predicted molar refractivity (Wildman–Crippen MR) is 87.2 cm³/mol. The predicted octanol–water partition coefficient (Wildman–Crippen LogP) is 1.01. The highest BCUT2D eigenvalue weighted by Gasteiger charge is 2.19. The number of fused-ring (bicyclic) bond motifs is 1. The summed E-state index contributed by atoms with van der Waals surface area (Å²) in [5.74, 6) is 0. The van der Waals surface area contributed by atoms with Gasteiger partial charge in [0.2, 0.25) is 6.41 Å². The average Bonchev–Trinajstić information content (AvgIpc) is 3.20. The monoisotopic (exact) mass is 310 g/mol. The van der Waals surface area contributed by atoms with E-state index in [1.54, 1.807) is 4.68 Å². The standard InChI is InChI=1S/C16H18N6O/c1-19-10-14(8-17-19)13-2-3-15-16(9-18-22(15)11-13)21-6-4-20(12-23)5-7-21/h2-3,8-12H,4-7H2,1H3. The fourth-order valence-corrected chi connectivity index (χ4v) is 3.02. The molecule has 4 rings (SSSR count). The molecule has 7 heteroatoms. The summed E-state index contributed by atoms with van der Waals surface area (Å²) in [6, 6.07) is 4.19. The number of aryl methyl sites for hydroxylation is 1. The first-order valence-corrected chi connectivity index (χ1v) is 7.65. The van der Waals surface area contributed by atoms with Crippen molar-refractivity contribution >= 4 is 17.6 Å². The molecule has 1 amide bonds. The molecule has 0 radical (unpaired) electrons. The normalized spacial score (nSPS) is 15.3. The fourth-order valence-electron chi connectivity index (χ4n) is 3.02. The van der Waals surface area contributed by atoms with Crippen LogP contribution in [-0.2, 0) is 11.8 Å². The van der Waals surface area contributed by atoms with Gasteiger partial charge in [-0.25, -0.2) is 4.52 Å². The van der Waals surface area contributed by atoms with E-state index in [4.69, 9.17) is 0 Å². The molecule has 1 fully saturated rings. The van der Waals surface area contributed by atoms with Crippen molar-refractivity contribution < 1.29 is 4.79 Å². The van der Waals surface area contributed by atoms with Gasteiger partial charge in [0.25, 0.3) is 0 Å². The maximum atomic E-state index is 10.8. The van der Waals surface area contributed by atoms with Gasteiger partial charge in [0.05, 0.1) is 23.6 Å². The van der Waals surface area contributed by atoms with Crippen molar-refractivity contribution in [3.05, 3.63) is 36.9 Å². The summed E-state index contributed by atoms with van der Waals surface area (Å²) in [6.45, 7) is 3.19. The number of carbonyl (C=O) groups excluding carboxylic acids is 1. The van der Waals surface area contributed by atoms with E-state index in [0.717, 1.165) is 54.9 Å². The molecule has 118 valence electrons. The molecule has 0 aromatic carbocycles. The van der Waals surface area contributed by atoms with Crippen LogP contribution in [0.1, 0.15) is 0 Å². The summed E-state index contributed by atoms with van der Waals surface area (Å²) in [5, 5.41) is 8.70. The Hall–Kier alpha value is -2.83. The number of piperazine rings is 1. The number of nitrogens with zero attached hydrogens (tertiary/aromatic N) is 6. The van der Waals surface area contributed by atoms with Crippen LogP contribution in [0.2, 0.25) is 0 Å². The average molecular weight is 310 g/mol. The maximum Gasteiger partial charge on any atom is 0.209 e. The summed E-state index contributed by atoms with van der Waals surface area (Å²) in [5.41, 5.74) is 4.36. The van der Waals surface area contributed by atoms with Crippen LogP contribution in [0.5, 0.6) is 0 Å². The first kappa shape index (κ1) is 13.8. The van der Waals surface area contributed by atoms with Gasteiger partial charge >= 0.3 is 0 Å². The minimum atomic E-state index is 0.759. The zero-order valence-electron chi connectivity index (χ0n) is 13.0. The number of anilines is 1. The van der Waals surface area contributed by atoms with Crippen LogP contribution in [-0.4, -0.2) is 56.9 Å².